The van der Waals surface area contributed by atoms with Crippen LogP contribution in [0.15, 0.2) is 0 Å². The van der Waals surface area contributed by atoms with Crippen LogP contribution in [-0.2, 0) is 10.2 Å². The maximum absolute atomic E-state index is 12.1. The van der Waals surface area contributed by atoms with Crippen molar-refractivity contribution in [3.63, 3.8) is 0 Å². The van der Waals surface area contributed by atoms with Gasteiger partial charge < -0.3 is 5.32 Å². The van der Waals surface area contributed by atoms with E-state index in [0.717, 1.165) is 19.5 Å². The van der Waals surface area contributed by atoms with Crippen LogP contribution >= 0.6 is 0 Å². The Morgan fingerprint density at radius 3 is 2.56 bits per heavy atom. The average molecular weight is 249 g/mol. The fourth-order valence-electron chi connectivity index (χ4n) is 2.00. The molecule has 0 aromatic heterocycles. The lowest BCUT2D eigenvalue weighted by Crippen LogP contribution is -2.56. The predicted molar refractivity (Wildman–Crippen MR) is 65.4 cm³/mol. The Hall–Kier alpha value is -0.170. The Labute approximate surface area is 99.0 Å². The fraction of sp³-hybridized carbons (Fsp3) is 1.00. The second-order valence-corrected chi connectivity index (χ2v) is 6.98. The van der Waals surface area contributed by atoms with E-state index in [-0.39, 0.29) is 6.04 Å². The Bertz CT molecular complexity index is 314. The van der Waals surface area contributed by atoms with Gasteiger partial charge in [-0.1, -0.05) is 13.8 Å². The van der Waals surface area contributed by atoms with E-state index in [4.69, 9.17) is 0 Å². The third kappa shape index (κ3) is 3.16. The van der Waals surface area contributed by atoms with E-state index in [1.807, 2.05) is 0 Å². The van der Waals surface area contributed by atoms with Gasteiger partial charge in [-0.2, -0.15) is 17.0 Å². The van der Waals surface area contributed by atoms with Crippen molar-refractivity contribution in [1.29, 1.82) is 0 Å². The summed E-state index contributed by atoms with van der Waals surface area (Å²) in [6.07, 6.45) is 0.903. The van der Waals surface area contributed by atoms with Gasteiger partial charge >= 0.3 is 0 Å². The first-order valence-electron chi connectivity index (χ1n) is 5.75. The molecule has 1 rings (SSSR count). The van der Waals surface area contributed by atoms with Gasteiger partial charge in [-0.15, -0.1) is 0 Å². The minimum absolute atomic E-state index is 0.0844. The molecule has 1 atom stereocenters. The third-order valence-electron chi connectivity index (χ3n) is 2.80. The first kappa shape index (κ1) is 13.9. The van der Waals surface area contributed by atoms with Crippen LogP contribution in [0.2, 0.25) is 0 Å². The zero-order valence-corrected chi connectivity index (χ0v) is 11.4. The monoisotopic (exact) mass is 249 g/mol. The first-order chi connectivity index (χ1) is 7.35. The number of nitrogens with zero attached hydrogens (tertiary/aromatic N) is 2. The molecule has 1 N–H and O–H groups in total. The van der Waals surface area contributed by atoms with Crippen LogP contribution in [-0.4, -0.2) is 56.8 Å². The topological polar surface area (TPSA) is 52.7 Å². The van der Waals surface area contributed by atoms with Gasteiger partial charge in [0.2, 0.25) is 0 Å². The molecule has 0 saturated carbocycles. The van der Waals surface area contributed by atoms with Gasteiger partial charge in [0.15, 0.2) is 0 Å². The lowest BCUT2D eigenvalue weighted by atomic mass is 10.0. The van der Waals surface area contributed by atoms with Crippen molar-refractivity contribution in [3.05, 3.63) is 0 Å². The molecule has 6 heteroatoms. The Kier molecular flexibility index (Phi) is 4.73. The van der Waals surface area contributed by atoms with E-state index < -0.39 is 10.2 Å². The summed E-state index contributed by atoms with van der Waals surface area (Å²) in [7, 11) is -0.0939. The predicted octanol–water partition coefficient (Wildman–Crippen LogP) is 0.113. The van der Waals surface area contributed by atoms with Crippen LogP contribution in [0, 0.1) is 5.92 Å². The SMILES string of the molecule is CC(C)CC1CNCCN1S(=O)(=O)N(C)C. The molecule has 0 amide bonds. The molecular weight excluding hydrogens is 226 g/mol. The molecule has 96 valence electrons. The number of rotatable bonds is 4. The molecular formula is C10H23N3O2S. The molecule has 0 spiro atoms. The number of piperazine rings is 1. The van der Waals surface area contributed by atoms with Crippen molar-refractivity contribution >= 4 is 10.2 Å². The van der Waals surface area contributed by atoms with Crippen LogP contribution in [0.4, 0.5) is 0 Å². The molecule has 0 radical (unpaired) electrons. The number of hydrogen-bond acceptors (Lipinski definition) is 3. The van der Waals surface area contributed by atoms with Crippen LogP contribution in [0.25, 0.3) is 0 Å². The maximum atomic E-state index is 12.1. The number of hydrogen-bond donors (Lipinski definition) is 1. The minimum Gasteiger partial charge on any atom is -0.314 e. The molecule has 1 unspecified atom stereocenters. The van der Waals surface area contributed by atoms with Gasteiger partial charge in [0.25, 0.3) is 10.2 Å². The van der Waals surface area contributed by atoms with Gasteiger partial charge in [0, 0.05) is 39.8 Å². The molecule has 1 fully saturated rings. The maximum Gasteiger partial charge on any atom is 0.281 e. The zero-order chi connectivity index (χ0) is 12.3. The third-order valence-corrected chi connectivity index (χ3v) is 4.79. The van der Waals surface area contributed by atoms with Crippen molar-refractivity contribution in [2.75, 3.05) is 33.7 Å². The largest absolute Gasteiger partial charge is 0.314 e. The standard InChI is InChI=1S/C10H23N3O2S/c1-9(2)7-10-8-11-5-6-13(10)16(14,15)12(3)4/h9-11H,5-8H2,1-4H3. The van der Waals surface area contributed by atoms with Crippen LogP contribution in [0.5, 0.6) is 0 Å². The van der Waals surface area contributed by atoms with Gasteiger partial charge in [-0.3, -0.25) is 0 Å². The zero-order valence-electron chi connectivity index (χ0n) is 10.6. The summed E-state index contributed by atoms with van der Waals surface area (Å²) < 4.78 is 27.1. The molecule has 0 bridgehead atoms. The summed E-state index contributed by atoms with van der Waals surface area (Å²) in [4.78, 5) is 0. The molecule has 0 aromatic carbocycles. The summed E-state index contributed by atoms with van der Waals surface area (Å²) in [5.41, 5.74) is 0. The Balaban J connectivity index is 2.82. The van der Waals surface area contributed by atoms with Gasteiger partial charge in [-0.05, 0) is 12.3 Å². The number of nitrogens with one attached hydrogen (secondary N) is 1. The highest BCUT2D eigenvalue weighted by Gasteiger charge is 2.33. The second-order valence-electron chi connectivity index (χ2n) is 4.89. The summed E-state index contributed by atoms with van der Waals surface area (Å²) in [5, 5.41) is 3.26. The highest BCUT2D eigenvalue weighted by atomic mass is 32.2. The van der Waals surface area contributed by atoms with E-state index in [1.165, 1.54) is 4.31 Å². The smallest absolute Gasteiger partial charge is 0.281 e. The molecule has 0 aliphatic carbocycles. The van der Waals surface area contributed by atoms with Crippen molar-refractivity contribution in [2.24, 2.45) is 5.92 Å². The van der Waals surface area contributed by atoms with Gasteiger partial charge in [0.05, 0.1) is 0 Å². The molecule has 5 nitrogen and oxygen atoms in total. The van der Waals surface area contributed by atoms with Gasteiger partial charge in [-0.25, -0.2) is 0 Å². The van der Waals surface area contributed by atoms with Crippen molar-refractivity contribution in [1.82, 2.24) is 13.9 Å². The van der Waals surface area contributed by atoms with E-state index in [0.29, 0.717) is 12.5 Å². The molecule has 0 aromatic rings. The summed E-state index contributed by atoms with van der Waals surface area (Å²) >= 11 is 0. The van der Waals surface area contributed by atoms with E-state index >= 15 is 0 Å². The molecule has 1 heterocycles. The molecule has 16 heavy (non-hydrogen) atoms. The van der Waals surface area contributed by atoms with Crippen LogP contribution in [0.1, 0.15) is 20.3 Å². The average Bonchev–Trinajstić information content (AvgIpc) is 2.17. The van der Waals surface area contributed by atoms with E-state index in [9.17, 15) is 8.42 Å². The highest BCUT2D eigenvalue weighted by molar-refractivity contribution is 7.86. The minimum atomic E-state index is -3.27. The molecule has 1 aliphatic rings. The quantitative estimate of drug-likeness (QED) is 0.769. The second kappa shape index (κ2) is 5.44. The summed E-state index contributed by atoms with van der Waals surface area (Å²) in [6, 6.07) is 0.0844. The first-order valence-corrected chi connectivity index (χ1v) is 7.15. The van der Waals surface area contributed by atoms with E-state index in [2.05, 4.69) is 19.2 Å². The lowest BCUT2D eigenvalue weighted by molar-refractivity contribution is 0.227. The highest BCUT2D eigenvalue weighted by Crippen LogP contribution is 2.18. The molecule has 1 saturated heterocycles. The van der Waals surface area contributed by atoms with Crippen LogP contribution < -0.4 is 5.32 Å². The fourth-order valence-corrected chi connectivity index (χ4v) is 3.28. The Morgan fingerprint density at radius 2 is 2.06 bits per heavy atom. The van der Waals surface area contributed by atoms with Crippen molar-refractivity contribution in [2.45, 2.75) is 26.3 Å². The summed E-state index contributed by atoms with van der Waals surface area (Å²) in [6.45, 7) is 6.30. The van der Waals surface area contributed by atoms with Crippen molar-refractivity contribution < 1.29 is 8.42 Å². The Morgan fingerprint density at radius 1 is 1.44 bits per heavy atom. The molecule has 1 aliphatic heterocycles. The van der Waals surface area contributed by atoms with Crippen molar-refractivity contribution in [3.8, 4) is 0 Å². The van der Waals surface area contributed by atoms with Crippen LogP contribution in [0.3, 0.4) is 0 Å². The van der Waals surface area contributed by atoms with Gasteiger partial charge in [0.1, 0.15) is 0 Å². The summed E-state index contributed by atoms with van der Waals surface area (Å²) in [5.74, 6) is 0.504. The van der Waals surface area contributed by atoms with E-state index in [1.54, 1.807) is 18.4 Å². The normalized spacial score (nSPS) is 24.2. The lowest BCUT2D eigenvalue weighted by Gasteiger charge is -2.37.